The molecule has 1 fully saturated rings. The number of ether oxygens (including phenoxy) is 1. The van der Waals surface area contributed by atoms with Crippen LogP contribution >= 0.6 is 11.3 Å². The summed E-state index contributed by atoms with van der Waals surface area (Å²) in [5.74, 6) is 0.412. The van der Waals surface area contributed by atoms with Crippen LogP contribution in [0.1, 0.15) is 28.6 Å². The van der Waals surface area contributed by atoms with E-state index in [2.05, 4.69) is 21.2 Å². The van der Waals surface area contributed by atoms with Crippen molar-refractivity contribution in [1.82, 2.24) is 21.2 Å². The molecule has 2 unspecified atom stereocenters. The summed E-state index contributed by atoms with van der Waals surface area (Å²) < 4.78 is 18.5. The lowest BCUT2D eigenvalue weighted by Crippen LogP contribution is -2.42. The van der Waals surface area contributed by atoms with E-state index in [1.807, 2.05) is 31.2 Å². The van der Waals surface area contributed by atoms with Gasteiger partial charge in [-0.1, -0.05) is 18.2 Å². The molecule has 1 saturated heterocycles. The Morgan fingerprint density at radius 2 is 2.00 bits per heavy atom. The van der Waals surface area contributed by atoms with Crippen molar-refractivity contribution in [1.29, 1.82) is 0 Å². The molecule has 3 N–H and O–H groups in total. The van der Waals surface area contributed by atoms with Gasteiger partial charge < -0.3 is 10.1 Å². The van der Waals surface area contributed by atoms with Crippen LogP contribution in [0, 0.1) is 12.7 Å². The van der Waals surface area contributed by atoms with Crippen molar-refractivity contribution in [3.63, 3.8) is 0 Å². The monoisotopic (exact) mass is 426 g/mol. The van der Waals surface area contributed by atoms with Crippen LogP contribution in [0.4, 0.5) is 4.39 Å². The van der Waals surface area contributed by atoms with Gasteiger partial charge in [-0.25, -0.2) is 20.2 Å². The molecule has 0 radical (unpaired) electrons. The Bertz CT molecular complexity index is 1040. The lowest BCUT2D eigenvalue weighted by Gasteiger charge is -2.12. The van der Waals surface area contributed by atoms with Crippen LogP contribution in [-0.4, -0.2) is 24.0 Å². The number of hydrazine groups is 1. The Balaban J connectivity index is 1.39. The van der Waals surface area contributed by atoms with E-state index in [0.717, 1.165) is 32.5 Å². The van der Waals surface area contributed by atoms with Gasteiger partial charge in [0.15, 0.2) is 0 Å². The molecule has 2 atom stereocenters. The number of nitrogens with zero attached hydrogens (tertiary/aromatic N) is 1. The fourth-order valence-electron chi connectivity index (χ4n) is 3.50. The summed E-state index contributed by atoms with van der Waals surface area (Å²) >= 11 is 1.56. The van der Waals surface area contributed by atoms with Gasteiger partial charge in [-0.05, 0) is 43.7 Å². The number of carbonyl (C=O) groups is 1. The van der Waals surface area contributed by atoms with Gasteiger partial charge in [-0.2, -0.15) is 0 Å². The lowest BCUT2D eigenvalue weighted by atomic mass is 10.1. The second-order valence-electron chi connectivity index (χ2n) is 7.13. The van der Waals surface area contributed by atoms with E-state index in [-0.39, 0.29) is 23.8 Å². The molecule has 0 saturated carbocycles. The third-order valence-corrected chi connectivity index (χ3v) is 6.43. The van der Waals surface area contributed by atoms with Crippen LogP contribution in [0.15, 0.2) is 48.5 Å². The first-order valence-electron chi connectivity index (χ1n) is 9.69. The molecule has 2 heterocycles. The summed E-state index contributed by atoms with van der Waals surface area (Å²) in [5, 5.41) is 3.81. The maximum absolute atomic E-state index is 13.2. The summed E-state index contributed by atoms with van der Waals surface area (Å²) in [4.78, 5) is 18.3. The molecule has 0 spiro atoms. The average Bonchev–Trinajstić information content (AvgIpc) is 3.39. The third-order valence-electron chi connectivity index (χ3n) is 5.11. The number of nitrogens with one attached hydrogen (secondary N) is 3. The van der Waals surface area contributed by atoms with Gasteiger partial charge in [-0.3, -0.25) is 4.79 Å². The Morgan fingerprint density at radius 3 is 2.77 bits per heavy atom. The first-order chi connectivity index (χ1) is 14.5. The molecule has 1 amide bonds. The number of para-hydroxylation sites is 1. The molecule has 6 nitrogen and oxygen atoms in total. The highest BCUT2D eigenvalue weighted by molar-refractivity contribution is 7.15. The lowest BCUT2D eigenvalue weighted by molar-refractivity contribution is -0.123. The molecule has 1 aliphatic rings. The van der Waals surface area contributed by atoms with E-state index in [1.165, 1.54) is 12.1 Å². The van der Waals surface area contributed by atoms with E-state index < -0.39 is 0 Å². The molecule has 0 aliphatic carbocycles. The van der Waals surface area contributed by atoms with Gasteiger partial charge >= 0.3 is 0 Å². The maximum atomic E-state index is 13.2. The van der Waals surface area contributed by atoms with E-state index >= 15 is 0 Å². The summed E-state index contributed by atoms with van der Waals surface area (Å²) in [6, 6.07) is 13.6. The minimum Gasteiger partial charge on any atom is -0.496 e. The third kappa shape index (κ3) is 4.35. The number of halogens is 1. The second kappa shape index (κ2) is 8.91. The van der Waals surface area contributed by atoms with E-state index in [1.54, 1.807) is 30.6 Å². The number of amides is 1. The van der Waals surface area contributed by atoms with Gasteiger partial charge in [0, 0.05) is 22.5 Å². The van der Waals surface area contributed by atoms with Gasteiger partial charge in [0.05, 0.1) is 18.8 Å². The van der Waals surface area contributed by atoms with Crippen molar-refractivity contribution in [3.8, 4) is 16.3 Å². The predicted molar refractivity (Wildman–Crippen MR) is 115 cm³/mol. The predicted octanol–water partition coefficient (Wildman–Crippen LogP) is 3.49. The Hall–Kier alpha value is -2.81. The van der Waals surface area contributed by atoms with E-state index in [4.69, 9.17) is 4.74 Å². The number of hydrogen-bond acceptors (Lipinski definition) is 6. The first-order valence-corrected chi connectivity index (χ1v) is 10.5. The Labute approximate surface area is 178 Å². The molecule has 156 valence electrons. The van der Waals surface area contributed by atoms with Crippen molar-refractivity contribution in [3.05, 3.63) is 70.5 Å². The number of benzene rings is 2. The number of hydrogen-bond donors (Lipinski definition) is 3. The van der Waals surface area contributed by atoms with Crippen LogP contribution in [0.5, 0.6) is 5.75 Å². The molecule has 30 heavy (non-hydrogen) atoms. The van der Waals surface area contributed by atoms with Gasteiger partial charge in [0.2, 0.25) is 5.91 Å². The fourth-order valence-corrected chi connectivity index (χ4v) is 4.64. The van der Waals surface area contributed by atoms with Crippen molar-refractivity contribution in [2.24, 2.45) is 0 Å². The fraction of sp³-hybridized carbons (Fsp3) is 0.273. The quantitative estimate of drug-likeness (QED) is 0.563. The average molecular weight is 427 g/mol. The summed E-state index contributed by atoms with van der Waals surface area (Å²) in [7, 11) is 1.62. The van der Waals surface area contributed by atoms with Crippen molar-refractivity contribution >= 4 is 17.2 Å². The number of aryl methyl sites for hydroxylation is 1. The molecular formula is C22H23FN4O2S. The molecule has 2 aromatic carbocycles. The molecule has 4 rings (SSSR count). The SMILES string of the molecule is COc1ccccc1CNC(=O)C1CC(c2sc(-c3ccc(F)cc3)nc2C)NN1. The molecule has 0 bridgehead atoms. The molecule has 1 aromatic heterocycles. The maximum Gasteiger partial charge on any atom is 0.238 e. The summed E-state index contributed by atoms with van der Waals surface area (Å²) in [6.45, 7) is 2.36. The second-order valence-corrected chi connectivity index (χ2v) is 8.17. The van der Waals surface area contributed by atoms with Crippen LogP contribution in [0.3, 0.4) is 0 Å². The standard InChI is InChI=1S/C22H23FN4O2S/c1-13-20(30-22(25-13)14-7-9-16(23)10-8-14)17-11-18(27-26-17)21(28)24-12-15-5-3-4-6-19(15)29-2/h3-10,17-18,26-27H,11-12H2,1-2H3,(H,24,28). The zero-order valence-corrected chi connectivity index (χ0v) is 17.6. The number of thiazole rings is 1. The highest BCUT2D eigenvalue weighted by atomic mass is 32.1. The van der Waals surface area contributed by atoms with Crippen molar-refractivity contribution in [2.45, 2.75) is 32.0 Å². The van der Waals surface area contributed by atoms with E-state index in [9.17, 15) is 9.18 Å². The molecule has 8 heteroatoms. The largest absolute Gasteiger partial charge is 0.496 e. The highest BCUT2D eigenvalue weighted by Gasteiger charge is 2.32. The smallest absolute Gasteiger partial charge is 0.238 e. The van der Waals surface area contributed by atoms with Crippen molar-refractivity contribution in [2.75, 3.05) is 7.11 Å². The zero-order valence-electron chi connectivity index (χ0n) is 16.7. The first kappa shape index (κ1) is 20.5. The zero-order chi connectivity index (χ0) is 21.1. The number of methoxy groups -OCH3 is 1. The van der Waals surface area contributed by atoms with Gasteiger partial charge in [0.25, 0.3) is 0 Å². The number of carbonyl (C=O) groups excluding carboxylic acids is 1. The summed E-state index contributed by atoms with van der Waals surface area (Å²) in [5.41, 5.74) is 9.03. The molecule has 3 aromatic rings. The van der Waals surface area contributed by atoms with Crippen LogP contribution in [-0.2, 0) is 11.3 Å². The highest BCUT2D eigenvalue weighted by Crippen LogP contribution is 2.35. The van der Waals surface area contributed by atoms with Crippen molar-refractivity contribution < 1.29 is 13.9 Å². The van der Waals surface area contributed by atoms with E-state index in [0.29, 0.717) is 13.0 Å². The molecular weight excluding hydrogens is 403 g/mol. The van der Waals surface area contributed by atoms with Gasteiger partial charge in [-0.15, -0.1) is 11.3 Å². The topological polar surface area (TPSA) is 75.3 Å². The van der Waals surface area contributed by atoms with Crippen LogP contribution in [0.2, 0.25) is 0 Å². The Kier molecular flexibility index (Phi) is 6.08. The molecule has 1 aliphatic heterocycles. The summed E-state index contributed by atoms with van der Waals surface area (Å²) in [6.07, 6.45) is 0.615. The number of rotatable bonds is 6. The normalized spacial score (nSPS) is 18.4. The Morgan fingerprint density at radius 1 is 1.23 bits per heavy atom. The minimum atomic E-state index is -0.347. The number of aromatic nitrogens is 1. The van der Waals surface area contributed by atoms with Crippen LogP contribution in [0.25, 0.3) is 10.6 Å². The van der Waals surface area contributed by atoms with Crippen LogP contribution < -0.4 is 20.9 Å². The van der Waals surface area contributed by atoms with Gasteiger partial charge in [0.1, 0.15) is 22.6 Å². The minimum absolute atomic E-state index is 0.0151.